The number of carboxylic acid groups (broad SMARTS) is 1. The molecule has 0 radical (unpaired) electrons. The van der Waals surface area contributed by atoms with Gasteiger partial charge in [0.1, 0.15) is 4.75 Å². The summed E-state index contributed by atoms with van der Waals surface area (Å²) in [5, 5.41) is 9.23. The van der Waals surface area contributed by atoms with Gasteiger partial charge in [0.15, 0.2) is 0 Å². The first-order valence-electron chi connectivity index (χ1n) is 5.92. The Hall–Kier alpha value is -1.81. The molecule has 0 spiro atoms. The van der Waals surface area contributed by atoms with Crippen LogP contribution >= 0.6 is 11.8 Å². The third-order valence-electron chi connectivity index (χ3n) is 2.75. The Labute approximate surface area is 116 Å². The SMILES string of the molecule is CC(C)(Sc1ccncc1-c1ccccc1)C(=O)O. The summed E-state index contributed by atoms with van der Waals surface area (Å²) in [6.45, 7) is 3.41. The maximum Gasteiger partial charge on any atom is 0.319 e. The summed E-state index contributed by atoms with van der Waals surface area (Å²) in [7, 11) is 0. The fraction of sp³-hybridized carbons (Fsp3) is 0.200. The van der Waals surface area contributed by atoms with E-state index in [0.29, 0.717) is 0 Å². The highest BCUT2D eigenvalue weighted by Crippen LogP contribution is 2.38. The molecule has 0 saturated heterocycles. The topological polar surface area (TPSA) is 50.2 Å². The standard InChI is InChI=1S/C15H15NO2S/c1-15(2,14(17)18)19-13-8-9-16-10-12(13)11-6-4-3-5-7-11/h3-10H,1-2H3,(H,17,18). The molecule has 1 aromatic carbocycles. The lowest BCUT2D eigenvalue weighted by Crippen LogP contribution is -2.27. The van der Waals surface area contributed by atoms with Crippen molar-refractivity contribution in [1.82, 2.24) is 4.98 Å². The molecule has 0 atom stereocenters. The Morgan fingerprint density at radius 1 is 1.21 bits per heavy atom. The van der Waals surface area contributed by atoms with Crippen LogP contribution in [0.3, 0.4) is 0 Å². The normalized spacial score (nSPS) is 11.3. The van der Waals surface area contributed by atoms with Crippen molar-refractivity contribution in [1.29, 1.82) is 0 Å². The van der Waals surface area contributed by atoms with E-state index in [0.717, 1.165) is 16.0 Å². The number of pyridine rings is 1. The predicted molar refractivity (Wildman–Crippen MR) is 77.2 cm³/mol. The Morgan fingerprint density at radius 3 is 2.53 bits per heavy atom. The summed E-state index contributed by atoms with van der Waals surface area (Å²) in [5.41, 5.74) is 2.00. The second-order valence-corrected chi connectivity index (χ2v) is 6.32. The van der Waals surface area contributed by atoms with E-state index >= 15 is 0 Å². The monoisotopic (exact) mass is 273 g/mol. The van der Waals surface area contributed by atoms with E-state index in [1.54, 1.807) is 26.2 Å². The number of benzene rings is 1. The molecule has 2 rings (SSSR count). The zero-order valence-electron chi connectivity index (χ0n) is 10.8. The maximum atomic E-state index is 11.2. The van der Waals surface area contributed by atoms with Gasteiger partial charge in [0.05, 0.1) is 0 Å². The molecule has 98 valence electrons. The largest absolute Gasteiger partial charge is 0.480 e. The van der Waals surface area contributed by atoms with Crippen LogP contribution in [0.15, 0.2) is 53.7 Å². The van der Waals surface area contributed by atoms with Gasteiger partial charge >= 0.3 is 5.97 Å². The van der Waals surface area contributed by atoms with Crippen LogP contribution in [0.4, 0.5) is 0 Å². The van der Waals surface area contributed by atoms with Crippen LogP contribution in [0.5, 0.6) is 0 Å². The summed E-state index contributed by atoms with van der Waals surface area (Å²) in [5.74, 6) is -0.826. The summed E-state index contributed by atoms with van der Waals surface area (Å²) in [6.07, 6.45) is 3.46. The summed E-state index contributed by atoms with van der Waals surface area (Å²) in [4.78, 5) is 16.3. The summed E-state index contributed by atoms with van der Waals surface area (Å²) in [6, 6.07) is 11.7. The molecule has 0 unspecified atom stereocenters. The Kier molecular flexibility index (Phi) is 3.90. The molecule has 1 aromatic heterocycles. The molecule has 0 aliphatic heterocycles. The highest BCUT2D eigenvalue weighted by molar-refractivity contribution is 8.01. The number of hydrogen-bond acceptors (Lipinski definition) is 3. The van der Waals surface area contributed by atoms with Gasteiger partial charge in [-0.15, -0.1) is 11.8 Å². The number of aliphatic carboxylic acids is 1. The van der Waals surface area contributed by atoms with Crippen LogP contribution in [0.25, 0.3) is 11.1 Å². The van der Waals surface area contributed by atoms with E-state index in [9.17, 15) is 9.90 Å². The van der Waals surface area contributed by atoms with Crippen molar-refractivity contribution in [3.63, 3.8) is 0 Å². The van der Waals surface area contributed by atoms with Crippen molar-refractivity contribution in [3.8, 4) is 11.1 Å². The van der Waals surface area contributed by atoms with E-state index in [4.69, 9.17) is 0 Å². The molecule has 3 nitrogen and oxygen atoms in total. The van der Waals surface area contributed by atoms with Crippen LogP contribution in [-0.2, 0) is 4.79 Å². The first-order chi connectivity index (χ1) is 9.00. The van der Waals surface area contributed by atoms with Crippen molar-refractivity contribution in [2.45, 2.75) is 23.5 Å². The zero-order chi connectivity index (χ0) is 13.9. The molecule has 0 saturated carbocycles. The van der Waals surface area contributed by atoms with Gasteiger partial charge in [-0.3, -0.25) is 9.78 Å². The molecule has 0 aliphatic carbocycles. The lowest BCUT2D eigenvalue weighted by molar-refractivity contribution is -0.138. The van der Waals surface area contributed by atoms with Gasteiger partial charge in [-0.1, -0.05) is 30.3 Å². The summed E-state index contributed by atoms with van der Waals surface area (Å²) < 4.78 is -0.870. The van der Waals surface area contributed by atoms with Crippen molar-refractivity contribution < 1.29 is 9.90 Å². The highest BCUT2D eigenvalue weighted by atomic mass is 32.2. The maximum absolute atomic E-state index is 11.2. The number of nitrogens with zero attached hydrogens (tertiary/aromatic N) is 1. The number of hydrogen-bond donors (Lipinski definition) is 1. The lowest BCUT2D eigenvalue weighted by Gasteiger charge is -2.20. The zero-order valence-corrected chi connectivity index (χ0v) is 11.6. The third-order valence-corrected chi connectivity index (χ3v) is 4.01. The second kappa shape index (κ2) is 5.45. The van der Waals surface area contributed by atoms with Crippen molar-refractivity contribution >= 4 is 17.7 Å². The Morgan fingerprint density at radius 2 is 1.89 bits per heavy atom. The van der Waals surface area contributed by atoms with E-state index in [2.05, 4.69) is 4.98 Å². The molecule has 2 aromatic rings. The second-order valence-electron chi connectivity index (χ2n) is 4.66. The van der Waals surface area contributed by atoms with Gasteiger partial charge in [-0.05, 0) is 25.5 Å². The van der Waals surface area contributed by atoms with Crippen LogP contribution < -0.4 is 0 Å². The molecule has 19 heavy (non-hydrogen) atoms. The van der Waals surface area contributed by atoms with Crippen molar-refractivity contribution in [2.75, 3.05) is 0 Å². The molecule has 0 aliphatic rings. The molecule has 0 amide bonds. The van der Waals surface area contributed by atoms with E-state index in [1.807, 2.05) is 36.4 Å². The van der Waals surface area contributed by atoms with Crippen LogP contribution in [0, 0.1) is 0 Å². The number of aromatic nitrogens is 1. The Bertz CT molecular complexity index is 582. The molecule has 1 N–H and O–H groups in total. The minimum absolute atomic E-state index is 0.826. The van der Waals surface area contributed by atoms with Crippen molar-refractivity contribution in [2.24, 2.45) is 0 Å². The fourth-order valence-electron chi connectivity index (χ4n) is 1.62. The molecule has 1 heterocycles. The first-order valence-corrected chi connectivity index (χ1v) is 6.74. The first kappa shape index (κ1) is 13.6. The number of carboxylic acids is 1. The van der Waals surface area contributed by atoms with Crippen molar-refractivity contribution in [3.05, 3.63) is 48.8 Å². The third kappa shape index (κ3) is 3.15. The van der Waals surface area contributed by atoms with Gasteiger partial charge in [0.25, 0.3) is 0 Å². The number of rotatable bonds is 4. The van der Waals surface area contributed by atoms with E-state index < -0.39 is 10.7 Å². The van der Waals surface area contributed by atoms with Gasteiger partial charge in [-0.25, -0.2) is 0 Å². The van der Waals surface area contributed by atoms with Crippen LogP contribution in [-0.4, -0.2) is 20.8 Å². The van der Waals surface area contributed by atoms with Gasteiger partial charge in [0, 0.05) is 22.9 Å². The van der Waals surface area contributed by atoms with Gasteiger partial charge in [-0.2, -0.15) is 0 Å². The van der Waals surface area contributed by atoms with Crippen LogP contribution in [0.1, 0.15) is 13.8 Å². The molecule has 4 heteroatoms. The molecule has 0 bridgehead atoms. The quantitative estimate of drug-likeness (QED) is 0.863. The fourth-order valence-corrected chi connectivity index (χ4v) is 2.67. The summed E-state index contributed by atoms with van der Waals surface area (Å²) >= 11 is 1.34. The predicted octanol–water partition coefficient (Wildman–Crippen LogP) is 3.70. The smallest absolute Gasteiger partial charge is 0.319 e. The number of carbonyl (C=O) groups is 1. The molecule has 0 fully saturated rings. The van der Waals surface area contributed by atoms with E-state index in [-0.39, 0.29) is 0 Å². The average molecular weight is 273 g/mol. The minimum atomic E-state index is -0.870. The minimum Gasteiger partial charge on any atom is -0.480 e. The van der Waals surface area contributed by atoms with E-state index in [1.165, 1.54) is 11.8 Å². The highest BCUT2D eigenvalue weighted by Gasteiger charge is 2.29. The number of thioether (sulfide) groups is 1. The average Bonchev–Trinajstić information content (AvgIpc) is 2.40. The van der Waals surface area contributed by atoms with Crippen LogP contribution in [0.2, 0.25) is 0 Å². The molecular formula is C15H15NO2S. The van der Waals surface area contributed by atoms with Gasteiger partial charge < -0.3 is 5.11 Å². The molecular weight excluding hydrogens is 258 g/mol. The Balaban J connectivity index is 2.40. The van der Waals surface area contributed by atoms with Gasteiger partial charge in [0.2, 0.25) is 0 Å². The lowest BCUT2D eigenvalue weighted by atomic mass is 10.1.